The Bertz CT molecular complexity index is 2130. The van der Waals surface area contributed by atoms with Crippen molar-refractivity contribution >= 4 is 32.6 Å². The Morgan fingerprint density at radius 1 is 0.357 bits per heavy atom. The monoisotopic (exact) mass is 535 g/mol. The molecule has 8 aromatic rings. The van der Waals surface area contributed by atoms with E-state index in [1.165, 1.54) is 66.1 Å². The van der Waals surface area contributed by atoms with Crippen molar-refractivity contribution in [2.45, 2.75) is 5.92 Å². The van der Waals surface area contributed by atoms with E-state index in [1.54, 1.807) is 0 Å². The molecule has 42 heavy (non-hydrogen) atoms. The summed E-state index contributed by atoms with van der Waals surface area (Å²) in [4.78, 5) is 0. The van der Waals surface area contributed by atoms with Crippen LogP contribution in [-0.2, 0) is 0 Å². The minimum atomic E-state index is 0.197. The van der Waals surface area contributed by atoms with Gasteiger partial charge in [-0.05, 0) is 57.5 Å². The molecule has 0 aliphatic rings. The third-order valence-electron chi connectivity index (χ3n) is 8.52. The highest BCUT2D eigenvalue weighted by Gasteiger charge is 2.18. The Morgan fingerprint density at radius 3 is 1.64 bits per heavy atom. The topological polar surface area (TPSA) is 4.93 Å². The Kier molecular flexibility index (Phi) is 5.93. The fourth-order valence-corrected chi connectivity index (χ4v) is 6.55. The van der Waals surface area contributed by atoms with Crippen molar-refractivity contribution in [2.75, 3.05) is 0 Å². The number of hydrogen-bond donors (Lipinski definition) is 0. The zero-order chi connectivity index (χ0) is 27.9. The Morgan fingerprint density at radius 2 is 0.905 bits per heavy atom. The van der Waals surface area contributed by atoms with Crippen LogP contribution in [0.3, 0.4) is 0 Å². The Balaban J connectivity index is 1.25. The van der Waals surface area contributed by atoms with E-state index in [1.807, 2.05) is 0 Å². The van der Waals surface area contributed by atoms with E-state index < -0.39 is 0 Å². The van der Waals surface area contributed by atoms with Crippen LogP contribution in [-0.4, -0.2) is 4.57 Å². The second kappa shape index (κ2) is 10.2. The summed E-state index contributed by atoms with van der Waals surface area (Å²) in [5.74, 6) is 0.197. The fourth-order valence-electron chi connectivity index (χ4n) is 6.55. The number of aromatic nitrogens is 1. The van der Waals surface area contributed by atoms with E-state index in [-0.39, 0.29) is 5.92 Å². The molecular weight excluding hydrogens is 506 g/mol. The maximum atomic E-state index is 2.42. The molecule has 1 aromatic heterocycles. The maximum Gasteiger partial charge on any atom is 0.0541 e. The summed E-state index contributed by atoms with van der Waals surface area (Å²) in [7, 11) is 0. The predicted molar refractivity (Wildman–Crippen MR) is 178 cm³/mol. The van der Waals surface area contributed by atoms with Crippen LogP contribution < -0.4 is 0 Å². The van der Waals surface area contributed by atoms with Gasteiger partial charge in [0.2, 0.25) is 0 Å². The van der Waals surface area contributed by atoms with Crippen LogP contribution in [0.15, 0.2) is 170 Å². The van der Waals surface area contributed by atoms with Gasteiger partial charge in [-0.25, -0.2) is 0 Å². The lowest BCUT2D eigenvalue weighted by molar-refractivity contribution is 0.978. The first-order valence-corrected chi connectivity index (χ1v) is 14.6. The zero-order valence-corrected chi connectivity index (χ0v) is 23.2. The molecule has 1 heteroatoms. The van der Waals surface area contributed by atoms with Crippen molar-refractivity contribution in [1.82, 2.24) is 4.57 Å². The predicted octanol–water partition coefficient (Wildman–Crippen LogP) is 10.8. The molecule has 0 radical (unpaired) electrons. The third kappa shape index (κ3) is 4.10. The molecule has 0 bridgehead atoms. The minimum Gasteiger partial charge on any atom is -0.309 e. The smallest absolute Gasteiger partial charge is 0.0541 e. The van der Waals surface area contributed by atoms with E-state index in [0.717, 1.165) is 0 Å². The molecule has 0 saturated heterocycles. The van der Waals surface area contributed by atoms with Gasteiger partial charge in [-0.3, -0.25) is 0 Å². The van der Waals surface area contributed by atoms with Gasteiger partial charge in [0.15, 0.2) is 0 Å². The number of fused-ring (bicyclic) bond motifs is 4. The van der Waals surface area contributed by atoms with Crippen LogP contribution in [0.5, 0.6) is 0 Å². The number of nitrogens with zero attached hydrogens (tertiary/aromatic N) is 1. The molecule has 8 rings (SSSR count). The fraction of sp³-hybridized carbons (Fsp3) is 0.0244. The van der Waals surface area contributed by atoms with Gasteiger partial charge in [0.05, 0.1) is 16.7 Å². The van der Waals surface area contributed by atoms with Gasteiger partial charge in [-0.1, -0.05) is 146 Å². The van der Waals surface area contributed by atoms with Crippen LogP contribution in [0.1, 0.15) is 22.6 Å². The highest BCUT2D eigenvalue weighted by Crippen LogP contribution is 2.38. The molecule has 0 saturated carbocycles. The molecule has 0 spiro atoms. The molecule has 0 unspecified atom stereocenters. The number of benzene rings is 7. The summed E-state index contributed by atoms with van der Waals surface area (Å²) in [6.45, 7) is 0. The van der Waals surface area contributed by atoms with E-state index in [4.69, 9.17) is 0 Å². The molecule has 0 atom stereocenters. The normalized spacial score (nSPS) is 11.5. The standard InChI is InChI=1S/C41H29N/c1-3-13-31(14-4-1)41(32-15-5-2-6-16-32)33-24-22-29(23-25-33)34-26-27-40-37(28-34)36-19-9-10-20-39(36)42(40)38-21-11-17-30-12-7-8-18-35(30)38/h1-28,41H. The van der Waals surface area contributed by atoms with Crippen LogP contribution in [0.2, 0.25) is 0 Å². The minimum absolute atomic E-state index is 0.197. The lowest BCUT2D eigenvalue weighted by atomic mass is 9.84. The molecule has 0 aliphatic heterocycles. The zero-order valence-electron chi connectivity index (χ0n) is 23.2. The van der Waals surface area contributed by atoms with Gasteiger partial charge in [0.25, 0.3) is 0 Å². The highest BCUT2D eigenvalue weighted by atomic mass is 15.0. The van der Waals surface area contributed by atoms with Crippen LogP contribution in [0.4, 0.5) is 0 Å². The molecule has 7 aromatic carbocycles. The van der Waals surface area contributed by atoms with E-state index in [2.05, 4.69) is 174 Å². The SMILES string of the molecule is c1ccc(C(c2ccccc2)c2ccc(-c3ccc4c(c3)c3ccccc3n4-c3cccc4ccccc34)cc2)cc1. The lowest BCUT2D eigenvalue weighted by Crippen LogP contribution is -2.03. The molecule has 0 amide bonds. The molecule has 0 aliphatic carbocycles. The second-order valence-corrected chi connectivity index (χ2v) is 11.0. The molecular formula is C41H29N. The summed E-state index contributed by atoms with van der Waals surface area (Å²) in [6.07, 6.45) is 0. The molecule has 1 nitrogen and oxygen atoms in total. The number of rotatable bonds is 5. The van der Waals surface area contributed by atoms with Gasteiger partial charge in [-0.2, -0.15) is 0 Å². The summed E-state index contributed by atoms with van der Waals surface area (Å²) >= 11 is 0. The largest absolute Gasteiger partial charge is 0.309 e. The molecule has 198 valence electrons. The number of para-hydroxylation sites is 1. The first kappa shape index (κ1) is 24.4. The summed E-state index contributed by atoms with van der Waals surface area (Å²) in [5.41, 5.74) is 10.0. The van der Waals surface area contributed by atoms with Crippen molar-refractivity contribution in [3.63, 3.8) is 0 Å². The van der Waals surface area contributed by atoms with E-state index in [0.29, 0.717) is 0 Å². The Hall–Kier alpha value is -5.40. The third-order valence-corrected chi connectivity index (χ3v) is 8.52. The average molecular weight is 536 g/mol. The quantitative estimate of drug-likeness (QED) is 0.193. The number of hydrogen-bond acceptors (Lipinski definition) is 0. The molecule has 0 N–H and O–H groups in total. The average Bonchev–Trinajstić information content (AvgIpc) is 3.39. The van der Waals surface area contributed by atoms with Gasteiger partial charge >= 0.3 is 0 Å². The van der Waals surface area contributed by atoms with Gasteiger partial charge < -0.3 is 4.57 Å². The van der Waals surface area contributed by atoms with Crippen LogP contribution in [0, 0.1) is 0 Å². The van der Waals surface area contributed by atoms with E-state index >= 15 is 0 Å². The van der Waals surface area contributed by atoms with E-state index in [9.17, 15) is 0 Å². The second-order valence-electron chi connectivity index (χ2n) is 11.0. The van der Waals surface area contributed by atoms with Gasteiger partial charge in [-0.15, -0.1) is 0 Å². The van der Waals surface area contributed by atoms with Crippen molar-refractivity contribution in [2.24, 2.45) is 0 Å². The van der Waals surface area contributed by atoms with Gasteiger partial charge in [0, 0.05) is 22.1 Å². The first-order valence-electron chi connectivity index (χ1n) is 14.6. The van der Waals surface area contributed by atoms with Crippen molar-refractivity contribution in [1.29, 1.82) is 0 Å². The first-order chi connectivity index (χ1) is 20.8. The van der Waals surface area contributed by atoms with Crippen molar-refractivity contribution in [3.05, 3.63) is 187 Å². The van der Waals surface area contributed by atoms with Crippen molar-refractivity contribution in [3.8, 4) is 16.8 Å². The summed E-state index contributed by atoms with van der Waals surface area (Å²) in [6, 6.07) is 61.6. The van der Waals surface area contributed by atoms with Crippen LogP contribution >= 0.6 is 0 Å². The lowest BCUT2D eigenvalue weighted by Gasteiger charge is -2.19. The summed E-state index contributed by atoms with van der Waals surface area (Å²) < 4.78 is 2.42. The van der Waals surface area contributed by atoms with Crippen molar-refractivity contribution < 1.29 is 0 Å². The Labute approximate surface area is 245 Å². The molecule has 0 fully saturated rings. The van der Waals surface area contributed by atoms with Crippen LogP contribution in [0.25, 0.3) is 49.4 Å². The maximum absolute atomic E-state index is 2.42. The molecule has 1 heterocycles. The summed E-state index contributed by atoms with van der Waals surface area (Å²) in [5, 5.41) is 5.05. The highest BCUT2D eigenvalue weighted by molar-refractivity contribution is 6.11. The van der Waals surface area contributed by atoms with Gasteiger partial charge in [0.1, 0.15) is 0 Å².